The minimum Gasteiger partial charge on any atom is -0.328 e. The van der Waals surface area contributed by atoms with Gasteiger partial charge in [0.1, 0.15) is 0 Å². The molecule has 2 fully saturated rings. The van der Waals surface area contributed by atoms with Crippen molar-refractivity contribution in [1.82, 2.24) is 0 Å². The Morgan fingerprint density at radius 1 is 1.12 bits per heavy atom. The van der Waals surface area contributed by atoms with Crippen LogP contribution < -0.4 is 58.2 Å². The fraction of sp³-hybridized carbons (Fsp3) is 0.857. The zero-order valence-corrected chi connectivity index (χ0v) is 10.5. The van der Waals surface area contributed by atoms with Crippen molar-refractivity contribution in [3.05, 3.63) is 6.42 Å². The maximum atomic E-state index is 2.42. The fourth-order valence-corrected chi connectivity index (χ4v) is 1.64. The molecule has 0 radical (unpaired) electrons. The van der Waals surface area contributed by atoms with E-state index in [2.05, 4.69) is 6.42 Å². The van der Waals surface area contributed by atoms with Crippen LogP contribution in [0.2, 0.25) is 0 Å². The first kappa shape index (κ1) is 7.91. The van der Waals surface area contributed by atoms with Crippen LogP contribution >= 0.6 is 0 Å². The minimum atomic E-state index is 0. The molecule has 0 amide bonds. The standard InChI is InChI=1S/C7H11.Rb/c1-3-7(4-1)5-2-6-7;/h1H,2-6H2;/q-1;+1. The maximum absolute atomic E-state index is 2.42. The van der Waals surface area contributed by atoms with E-state index >= 15 is 0 Å². The van der Waals surface area contributed by atoms with Gasteiger partial charge >= 0.3 is 58.2 Å². The molecule has 40 valence electrons. The molecule has 0 aromatic heterocycles. The topological polar surface area (TPSA) is 0 Å². The molecule has 2 rings (SSSR count). The van der Waals surface area contributed by atoms with Crippen molar-refractivity contribution in [1.29, 1.82) is 0 Å². The van der Waals surface area contributed by atoms with Crippen molar-refractivity contribution < 1.29 is 58.2 Å². The Bertz CT molecular complexity index is 64.9. The van der Waals surface area contributed by atoms with Gasteiger partial charge in [0.2, 0.25) is 0 Å². The fourth-order valence-electron chi connectivity index (χ4n) is 1.64. The molecule has 0 heterocycles. The smallest absolute Gasteiger partial charge is 0.328 e. The Labute approximate surface area is 100 Å². The van der Waals surface area contributed by atoms with Crippen LogP contribution in [0.5, 0.6) is 0 Å². The molecule has 0 nitrogen and oxygen atoms in total. The Hall–Kier alpha value is 1.81. The van der Waals surface area contributed by atoms with Gasteiger partial charge in [-0.25, -0.2) is 0 Å². The van der Waals surface area contributed by atoms with Crippen molar-refractivity contribution >= 4 is 0 Å². The SMILES string of the molecule is [CH-]1CC2(C1)CCC2.[Rb+]. The quantitative estimate of drug-likeness (QED) is 0.427. The molecule has 0 unspecified atom stereocenters. The summed E-state index contributed by atoms with van der Waals surface area (Å²) >= 11 is 0. The van der Waals surface area contributed by atoms with Gasteiger partial charge < -0.3 is 6.42 Å². The van der Waals surface area contributed by atoms with E-state index in [4.69, 9.17) is 0 Å². The summed E-state index contributed by atoms with van der Waals surface area (Å²) < 4.78 is 0. The van der Waals surface area contributed by atoms with Crippen molar-refractivity contribution in [2.75, 3.05) is 0 Å². The second kappa shape index (κ2) is 2.81. The molecule has 1 heteroatoms. The average Bonchev–Trinajstić information content (AvgIpc) is 1.20. The summed E-state index contributed by atoms with van der Waals surface area (Å²) in [6.07, 6.45) is 9.86. The second-order valence-electron chi connectivity index (χ2n) is 3.05. The minimum absolute atomic E-state index is 0. The summed E-state index contributed by atoms with van der Waals surface area (Å²) in [6, 6.07) is 0. The van der Waals surface area contributed by atoms with Crippen LogP contribution in [0, 0.1) is 11.8 Å². The van der Waals surface area contributed by atoms with E-state index in [1.54, 1.807) is 0 Å². The molecule has 0 bridgehead atoms. The van der Waals surface area contributed by atoms with Crippen molar-refractivity contribution in [2.45, 2.75) is 32.1 Å². The Morgan fingerprint density at radius 3 is 1.75 bits per heavy atom. The molecular weight excluding hydrogens is 170 g/mol. The summed E-state index contributed by atoms with van der Waals surface area (Å²) in [5, 5.41) is 0. The molecule has 0 aromatic rings. The van der Waals surface area contributed by atoms with Crippen LogP contribution in [0.25, 0.3) is 0 Å². The normalized spacial score (nSPS) is 30.0. The third kappa shape index (κ3) is 1.14. The molecule has 1 spiro atoms. The van der Waals surface area contributed by atoms with E-state index in [-0.39, 0.29) is 58.2 Å². The van der Waals surface area contributed by atoms with Gasteiger partial charge in [0.15, 0.2) is 0 Å². The Kier molecular flexibility index (Phi) is 2.78. The second-order valence-corrected chi connectivity index (χ2v) is 3.05. The van der Waals surface area contributed by atoms with E-state index in [1.165, 1.54) is 32.1 Å². The van der Waals surface area contributed by atoms with Crippen LogP contribution in [0.15, 0.2) is 0 Å². The monoisotopic (exact) mass is 180 g/mol. The number of hydrogen-bond acceptors (Lipinski definition) is 0. The molecule has 0 aromatic carbocycles. The largest absolute Gasteiger partial charge is 1.00 e. The summed E-state index contributed by atoms with van der Waals surface area (Å²) in [5.41, 5.74) is 0.889. The van der Waals surface area contributed by atoms with Gasteiger partial charge in [-0.2, -0.15) is 12.8 Å². The summed E-state index contributed by atoms with van der Waals surface area (Å²) in [7, 11) is 0. The third-order valence-electron chi connectivity index (χ3n) is 2.57. The average molecular weight is 181 g/mol. The summed E-state index contributed by atoms with van der Waals surface area (Å²) in [5.74, 6) is 0. The van der Waals surface area contributed by atoms with E-state index in [0.29, 0.717) is 0 Å². The molecule has 0 saturated heterocycles. The molecule has 0 atom stereocenters. The number of hydrogen-bond donors (Lipinski definition) is 0. The van der Waals surface area contributed by atoms with Crippen LogP contribution in [0.3, 0.4) is 0 Å². The van der Waals surface area contributed by atoms with Gasteiger partial charge in [-0.15, -0.1) is 0 Å². The molecule has 2 aliphatic carbocycles. The van der Waals surface area contributed by atoms with Gasteiger partial charge in [-0.1, -0.05) is 24.7 Å². The predicted octanol–water partition coefficient (Wildman–Crippen LogP) is -0.841. The van der Waals surface area contributed by atoms with E-state index in [1.807, 2.05) is 0 Å². The molecule has 0 aliphatic heterocycles. The molecule has 2 aliphatic rings. The first-order chi connectivity index (χ1) is 3.41. The van der Waals surface area contributed by atoms with Crippen molar-refractivity contribution in [3.63, 3.8) is 0 Å². The maximum Gasteiger partial charge on any atom is 1.00 e. The van der Waals surface area contributed by atoms with E-state index in [9.17, 15) is 0 Å². The Balaban J connectivity index is 0.000000320. The van der Waals surface area contributed by atoms with Crippen LogP contribution in [0.1, 0.15) is 32.1 Å². The molecule has 8 heavy (non-hydrogen) atoms. The third-order valence-corrected chi connectivity index (χ3v) is 2.57. The van der Waals surface area contributed by atoms with Crippen molar-refractivity contribution in [2.24, 2.45) is 5.41 Å². The van der Waals surface area contributed by atoms with Crippen LogP contribution in [-0.2, 0) is 0 Å². The zero-order valence-electron chi connectivity index (χ0n) is 5.61. The van der Waals surface area contributed by atoms with Gasteiger partial charge in [0.05, 0.1) is 0 Å². The predicted molar refractivity (Wildman–Crippen MR) is 29.8 cm³/mol. The van der Waals surface area contributed by atoms with Gasteiger partial charge in [0, 0.05) is 0 Å². The van der Waals surface area contributed by atoms with Crippen LogP contribution in [-0.4, -0.2) is 0 Å². The first-order valence-corrected chi connectivity index (χ1v) is 3.23. The zero-order chi connectivity index (χ0) is 4.74. The summed E-state index contributed by atoms with van der Waals surface area (Å²) in [4.78, 5) is 0. The number of rotatable bonds is 0. The first-order valence-electron chi connectivity index (χ1n) is 3.23. The molecule has 0 N–H and O–H groups in total. The van der Waals surface area contributed by atoms with Gasteiger partial charge in [-0.3, -0.25) is 0 Å². The Morgan fingerprint density at radius 2 is 1.75 bits per heavy atom. The van der Waals surface area contributed by atoms with Crippen LogP contribution in [0.4, 0.5) is 0 Å². The van der Waals surface area contributed by atoms with E-state index < -0.39 is 0 Å². The van der Waals surface area contributed by atoms with Gasteiger partial charge in [-0.05, 0) is 0 Å². The van der Waals surface area contributed by atoms with E-state index in [0.717, 1.165) is 5.41 Å². The molecular formula is C7H11Rb. The van der Waals surface area contributed by atoms with Gasteiger partial charge in [0.25, 0.3) is 0 Å². The van der Waals surface area contributed by atoms with Crippen molar-refractivity contribution in [3.8, 4) is 0 Å². The summed E-state index contributed by atoms with van der Waals surface area (Å²) in [6.45, 7) is 0. The molecule has 2 saturated carbocycles.